The third-order valence-electron chi connectivity index (χ3n) is 16.7. The van der Waals surface area contributed by atoms with Gasteiger partial charge in [-0.3, -0.25) is 4.79 Å². The minimum Gasteiger partial charge on any atom is -0.450 e. The molecule has 1 aromatic rings. The average molecular weight is 754 g/mol. The molecule has 304 valence electrons. The fraction of sp³-hybridized carbons (Fsp3) is 0.860. The molecule has 3 saturated carbocycles. The van der Waals surface area contributed by atoms with Crippen LogP contribution >= 0.6 is 0 Å². The molecule has 12 atom stereocenters. The molecule has 4 aliphatic carbocycles. The van der Waals surface area contributed by atoms with Crippen molar-refractivity contribution >= 4 is 12.1 Å². The summed E-state index contributed by atoms with van der Waals surface area (Å²) in [5.74, 6) is 1.20. The Morgan fingerprint density at radius 2 is 1.74 bits per heavy atom. The quantitative estimate of drug-likeness (QED) is 0.168. The highest BCUT2D eigenvalue weighted by atomic mass is 16.7. The molecule has 6 rings (SSSR count). The van der Waals surface area contributed by atoms with Gasteiger partial charge in [-0.2, -0.15) is 5.10 Å². The first kappa shape index (κ1) is 41.1. The first-order chi connectivity index (χ1) is 24.9. The number of nitrogens with two attached hydrogens (primary N) is 1. The summed E-state index contributed by atoms with van der Waals surface area (Å²) in [6.45, 7) is 29.9. The molecule has 1 aliphatic heterocycles. The van der Waals surface area contributed by atoms with Gasteiger partial charge in [0.2, 0.25) is 5.82 Å². The van der Waals surface area contributed by atoms with Gasteiger partial charge >= 0.3 is 6.16 Å². The number of amides is 1. The molecule has 5 aliphatic rings. The predicted octanol–water partition coefficient (Wildman–Crippen LogP) is 8.06. The van der Waals surface area contributed by atoms with E-state index in [2.05, 4.69) is 92.5 Å². The lowest BCUT2D eigenvalue weighted by Crippen LogP contribution is -2.70. The number of hydrogen-bond donors (Lipinski definition) is 3. The Kier molecular flexibility index (Phi) is 10.3. The van der Waals surface area contributed by atoms with Crippen LogP contribution in [0.4, 0.5) is 4.79 Å². The third-order valence-corrected chi connectivity index (χ3v) is 16.7. The summed E-state index contributed by atoms with van der Waals surface area (Å²) in [6, 6.07) is -0.359. The number of carbonyl (C=O) groups is 2. The van der Waals surface area contributed by atoms with Crippen molar-refractivity contribution in [2.45, 2.75) is 158 Å². The Hall–Kier alpha value is -2.50. The van der Waals surface area contributed by atoms with Crippen LogP contribution < -0.4 is 11.1 Å². The summed E-state index contributed by atoms with van der Waals surface area (Å²) in [4.78, 5) is 30.7. The van der Waals surface area contributed by atoms with Crippen molar-refractivity contribution in [3.63, 3.8) is 0 Å². The van der Waals surface area contributed by atoms with Gasteiger partial charge in [0.05, 0.1) is 32.0 Å². The average Bonchev–Trinajstić information content (AvgIpc) is 3.55. The SMILES string of the molecule is CC(C)NC(=O)c1ncnn1[C@@H]1C[C@@]23COC[C@](C)([C@@H]2CC[C@H]2C3=CC[C@]3(C)[C@H](OC(=O)O)[C@@](C)([C@H](C)C(C)C)CC[C@]23C)[C@H]1OC[C@](C)(N)C(C)(C)C. The molecular formula is C43H71N5O6. The van der Waals surface area contributed by atoms with E-state index in [0.717, 1.165) is 32.1 Å². The van der Waals surface area contributed by atoms with E-state index in [1.165, 1.54) is 11.9 Å². The molecular weight excluding hydrogens is 683 g/mol. The van der Waals surface area contributed by atoms with Crippen molar-refractivity contribution in [1.82, 2.24) is 20.1 Å². The van der Waals surface area contributed by atoms with Crippen molar-refractivity contribution in [3.05, 3.63) is 23.8 Å². The zero-order valence-corrected chi connectivity index (χ0v) is 35.5. The molecule has 2 heterocycles. The van der Waals surface area contributed by atoms with Crippen LogP contribution in [0, 0.1) is 56.2 Å². The topological polar surface area (TPSA) is 151 Å². The zero-order chi connectivity index (χ0) is 40.0. The maximum absolute atomic E-state index is 13.7. The number of carbonyl (C=O) groups excluding carboxylic acids is 1. The van der Waals surface area contributed by atoms with E-state index in [-0.39, 0.29) is 69.3 Å². The second kappa shape index (κ2) is 13.6. The van der Waals surface area contributed by atoms with Gasteiger partial charge in [0.25, 0.3) is 5.91 Å². The van der Waals surface area contributed by atoms with Crippen LogP contribution in [0.3, 0.4) is 0 Å². The molecule has 54 heavy (non-hydrogen) atoms. The van der Waals surface area contributed by atoms with Crippen molar-refractivity contribution < 1.29 is 28.9 Å². The Morgan fingerprint density at radius 1 is 1.06 bits per heavy atom. The fourth-order valence-corrected chi connectivity index (χ4v) is 12.3. The van der Waals surface area contributed by atoms with E-state index in [9.17, 15) is 14.7 Å². The van der Waals surface area contributed by atoms with Crippen LogP contribution in [0.1, 0.15) is 145 Å². The summed E-state index contributed by atoms with van der Waals surface area (Å²) >= 11 is 0. The molecule has 1 saturated heterocycles. The largest absolute Gasteiger partial charge is 0.506 e. The number of carboxylic acid groups (broad SMARTS) is 1. The summed E-state index contributed by atoms with van der Waals surface area (Å²) in [7, 11) is 0. The van der Waals surface area contributed by atoms with Crippen molar-refractivity contribution in [2.75, 3.05) is 19.8 Å². The number of allylic oxidation sites excluding steroid dienone is 1. The molecule has 0 spiro atoms. The predicted molar refractivity (Wildman–Crippen MR) is 209 cm³/mol. The summed E-state index contributed by atoms with van der Waals surface area (Å²) in [6.07, 6.45) is 7.32. The van der Waals surface area contributed by atoms with Gasteiger partial charge in [-0.15, -0.1) is 0 Å². The highest BCUT2D eigenvalue weighted by Gasteiger charge is 2.72. The van der Waals surface area contributed by atoms with E-state index in [4.69, 9.17) is 25.0 Å². The molecule has 2 bridgehead atoms. The lowest BCUT2D eigenvalue weighted by atomic mass is 9.35. The van der Waals surface area contributed by atoms with Crippen molar-refractivity contribution in [1.29, 1.82) is 0 Å². The fourth-order valence-electron chi connectivity index (χ4n) is 12.3. The van der Waals surface area contributed by atoms with E-state index < -0.39 is 28.6 Å². The van der Waals surface area contributed by atoms with Crippen molar-refractivity contribution in [3.8, 4) is 0 Å². The number of nitrogens with one attached hydrogen (secondary N) is 1. The van der Waals surface area contributed by atoms with Crippen LogP contribution in [0.25, 0.3) is 0 Å². The molecule has 4 fully saturated rings. The molecule has 1 aromatic heterocycles. The molecule has 11 nitrogen and oxygen atoms in total. The second-order valence-electron chi connectivity index (χ2n) is 21.2. The number of aromatic nitrogens is 3. The number of fused-ring (bicyclic) bond motifs is 3. The van der Waals surface area contributed by atoms with E-state index in [1.54, 1.807) is 0 Å². The van der Waals surface area contributed by atoms with Crippen LogP contribution in [-0.4, -0.2) is 75.5 Å². The number of rotatable bonds is 9. The van der Waals surface area contributed by atoms with Crippen molar-refractivity contribution in [2.24, 2.45) is 61.9 Å². The van der Waals surface area contributed by atoms with Crippen LogP contribution in [0.5, 0.6) is 0 Å². The minimum absolute atomic E-state index is 0.0598. The highest BCUT2D eigenvalue weighted by Crippen LogP contribution is 2.74. The smallest absolute Gasteiger partial charge is 0.450 e. The van der Waals surface area contributed by atoms with E-state index in [0.29, 0.717) is 32.2 Å². The Bertz CT molecular complexity index is 1630. The Balaban J connectivity index is 1.48. The standard InChI is InChI=1S/C43H71N5O6/c1-25(2)27(5)38(9)18-19-40(11)28-14-15-31-39(10)21-52-23-43(31,29(28)16-17-41(40,12)35(38)54-36(50)51)20-30(32(39)53-22-42(13,44)37(6,7)8)48-33(45-24-46-48)34(49)47-26(3)4/h16,24-28,30-32,35H,14-15,17-23,44H2,1-13H3,(H,47,49)(H,50,51)/t27-,28+,30-,31+,32+,35-,38-,39-,40-,41-,42+,43+/m1/s1. The first-order valence-electron chi connectivity index (χ1n) is 20.7. The molecule has 0 radical (unpaired) electrons. The van der Waals surface area contributed by atoms with Gasteiger partial charge in [-0.05, 0) is 93.8 Å². The summed E-state index contributed by atoms with van der Waals surface area (Å²) < 4.78 is 21.8. The van der Waals surface area contributed by atoms with Gasteiger partial charge in [-0.25, -0.2) is 14.5 Å². The second-order valence-corrected chi connectivity index (χ2v) is 21.2. The molecule has 4 N–H and O–H groups in total. The van der Waals surface area contributed by atoms with Gasteiger partial charge in [0.15, 0.2) is 0 Å². The van der Waals surface area contributed by atoms with E-state index in [1.807, 2.05) is 18.5 Å². The first-order valence-corrected chi connectivity index (χ1v) is 20.7. The Labute approximate surface area is 324 Å². The van der Waals surface area contributed by atoms with Gasteiger partial charge in [0.1, 0.15) is 12.4 Å². The lowest BCUT2D eigenvalue weighted by molar-refractivity contribution is -0.257. The number of ether oxygens (including phenoxy) is 3. The molecule has 11 heteroatoms. The Morgan fingerprint density at radius 3 is 2.35 bits per heavy atom. The maximum Gasteiger partial charge on any atom is 0.506 e. The van der Waals surface area contributed by atoms with Gasteiger partial charge in [-0.1, -0.05) is 80.9 Å². The third kappa shape index (κ3) is 6.07. The zero-order valence-electron chi connectivity index (χ0n) is 35.5. The van der Waals surface area contributed by atoms with Gasteiger partial charge < -0.3 is 30.4 Å². The summed E-state index contributed by atoms with van der Waals surface area (Å²) in [5.41, 5.74) is 5.96. The number of nitrogens with zero attached hydrogens (tertiary/aromatic N) is 3. The van der Waals surface area contributed by atoms with Crippen LogP contribution in [0.2, 0.25) is 0 Å². The lowest BCUT2D eigenvalue weighted by Gasteiger charge is -2.71. The molecule has 1 amide bonds. The molecule has 0 unspecified atom stereocenters. The summed E-state index contributed by atoms with van der Waals surface area (Å²) in [5, 5.41) is 18.0. The van der Waals surface area contributed by atoms with E-state index >= 15 is 0 Å². The highest BCUT2D eigenvalue weighted by molar-refractivity contribution is 5.90. The van der Waals surface area contributed by atoms with Crippen LogP contribution in [0.15, 0.2) is 18.0 Å². The van der Waals surface area contributed by atoms with Crippen LogP contribution in [-0.2, 0) is 14.2 Å². The normalized spacial score (nSPS) is 40.8. The van der Waals surface area contributed by atoms with Gasteiger partial charge in [0, 0.05) is 33.2 Å². The monoisotopic (exact) mass is 754 g/mol. The molecule has 0 aromatic carbocycles. The minimum atomic E-state index is -1.19. The number of hydrogen-bond acceptors (Lipinski definition) is 8. The maximum atomic E-state index is 13.7.